The molecule has 4 atom stereocenters. The van der Waals surface area contributed by atoms with Crippen molar-refractivity contribution in [1.29, 1.82) is 5.41 Å². The summed E-state index contributed by atoms with van der Waals surface area (Å²) in [7, 11) is 0. The number of amidine groups is 1. The van der Waals surface area contributed by atoms with E-state index in [4.69, 9.17) is 16.1 Å². The van der Waals surface area contributed by atoms with Gasteiger partial charge in [-0.15, -0.1) is 0 Å². The number of piperidine rings is 1. The summed E-state index contributed by atoms with van der Waals surface area (Å²) >= 11 is 0. The van der Waals surface area contributed by atoms with Crippen LogP contribution >= 0.6 is 0 Å². The van der Waals surface area contributed by atoms with Crippen LogP contribution in [0.2, 0.25) is 0 Å². The molecule has 5 rings (SSSR count). The Morgan fingerprint density at radius 3 is 2.59 bits per heavy atom. The minimum absolute atomic E-state index is 0.0128. The number of benzene rings is 2. The lowest BCUT2D eigenvalue weighted by molar-refractivity contribution is 0.0555. The van der Waals surface area contributed by atoms with Gasteiger partial charge in [-0.05, 0) is 70.1 Å². The number of fused-ring (bicyclic) bond motifs is 1. The fourth-order valence-electron chi connectivity index (χ4n) is 6.30. The zero-order chi connectivity index (χ0) is 23.8. The van der Waals surface area contributed by atoms with Crippen molar-refractivity contribution in [1.82, 2.24) is 14.5 Å². The van der Waals surface area contributed by atoms with Crippen molar-refractivity contribution in [2.24, 2.45) is 11.7 Å². The van der Waals surface area contributed by atoms with E-state index in [1.807, 2.05) is 41.0 Å². The second kappa shape index (κ2) is 9.34. The quantitative estimate of drug-likeness (QED) is 0.426. The highest BCUT2D eigenvalue weighted by atomic mass is 16.1. The molecule has 2 unspecified atom stereocenters. The number of aromatic nitrogens is 2. The lowest BCUT2D eigenvalue weighted by atomic mass is 9.94. The van der Waals surface area contributed by atoms with Gasteiger partial charge < -0.3 is 10.3 Å². The van der Waals surface area contributed by atoms with Gasteiger partial charge in [-0.3, -0.25) is 15.1 Å². The van der Waals surface area contributed by atoms with Gasteiger partial charge in [-0.1, -0.05) is 36.8 Å². The van der Waals surface area contributed by atoms with Gasteiger partial charge in [0.05, 0.1) is 11.0 Å². The first-order valence-corrected chi connectivity index (χ1v) is 12.6. The smallest absolute Gasteiger partial charge is 0.277 e. The van der Waals surface area contributed by atoms with Crippen LogP contribution in [0.4, 0.5) is 0 Å². The van der Waals surface area contributed by atoms with Gasteiger partial charge in [0.1, 0.15) is 11.5 Å². The summed E-state index contributed by atoms with van der Waals surface area (Å²) in [4.78, 5) is 21.2. The molecule has 2 heterocycles. The fourth-order valence-corrected chi connectivity index (χ4v) is 6.30. The summed E-state index contributed by atoms with van der Waals surface area (Å²) < 4.78 is 1.94. The summed E-state index contributed by atoms with van der Waals surface area (Å²) in [6, 6.07) is 17.1. The number of nitrogens with zero attached hydrogens (tertiary/aromatic N) is 3. The van der Waals surface area contributed by atoms with Gasteiger partial charge in [0.25, 0.3) is 5.56 Å². The van der Waals surface area contributed by atoms with Crippen molar-refractivity contribution >= 4 is 16.9 Å². The van der Waals surface area contributed by atoms with Crippen LogP contribution in [0.25, 0.3) is 22.3 Å². The minimum Gasteiger partial charge on any atom is -0.384 e. The molecule has 3 aromatic rings. The zero-order valence-corrected chi connectivity index (χ0v) is 20.2. The summed E-state index contributed by atoms with van der Waals surface area (Å²) in [5.41, 5.74) is 9.07. The van der Waals surface area contributed by atoms with E-state index in [2.05, 4.69) is 18.7 Å². The molecule has 1 saturated heterocycles. The van der Waals surface area contributed by atoms with Crippen LogP contribution in [0.1, 0.15) is 57.9 Å². The van der Waals surface area contributed by atoms with Crippen molar-refractivity contribution in [2.75, 3.05) is 0 Å². The van der Waals surface area contributed by atoms with Gasteiger partial charge in [0, 0.05) is 35.8 Å². The Hall–Kier alpha value is -2.99. The maximum absolute atomic E-state index is 13.7. The third kappa shape index (κ3) is 4.27. The summed E-state index contributed by atoms with van der Waals surface area (Å²) in [5, 5.41) is 7.77. The topological polar surface area (TPSA) is 88.0 Å². The Kier molecular flexibility index (Phi) is 6.26. The highest BCUT2D eigenvalue weighted by molar-refractivity contribution is 5.96. The van der Waals surface area contributed by atoms with Gasteiger partial charge in [-0.25, -0.2) is 4.98 Å². The highest BCUT2D eigenvalue weighted by Crippen LogP contribution is 2.36. The van der Waals surface area contributed by atoms with Crippen molar-refractivity contribution in [3.05, 3.63) is 64.4 Å². The van der Waals surface area contributed by atoms with E-state index in [0.29, 0.717) is 47.4 Å². The number of hydrogen-bond acceptors (Lipinski definition) is 4. The number of nitrogens with two attached hydrogens (primary N) is 1. The van der Waals surface area contributed by atoms with Crippen LogP contribution in [0.5, 0.6) is 0 Å². The Bertz CT molecular complexity index is 1260. The van der Waals surface area contributed by atoms with Crippen LogP contribution in [0, 0.1) is 11.3 Å². The molecule has 2 fully saturated rings. The molecule has 0 spiro atoms. The summed E-state index contributed by atoms with van der Waals surface area (Å²) in [6.45, 7) is 5.48. The number of hydrogen-bond donors (Lipinski definition) is 2. The Balaban J connectivity index is 1.48. The number of para-hydroxylation sites is 2. The van der Waals surface area contributed by atoms with Crippen molar-refractivity contribution in [3.63, 3.8) is 0 Å². The first-order chi connectivity index (χ1) is 16.4. The standard InChI is InChI=1S/C28H35N5O/c1-18-7-5-8-19(2)33(18)23-14-13-20(15-23)17-32-25-12-4-3-11-24(25)31-26(28(32)34)21-9-6-10-22(16-21)27(29)30/h3-4,6,9-12,16,18-20,23H,5,7-8,13-15,17H2,1-2H3,(H3,29,30)/t18-,19+,20?,23?. The molecule has 6 heteroatoms. The lowest BCUT2D eigenvalue weighted by Gasteiger charge is -2.43. The van der Waals surface area contributed by atoms with Crippen molar-refractivity contribution < 1.29 is 0 Å². The average Bonchev–Trinajstić information content (AvgIpc) is 3.28. The molecule has 3 N–H and O–H groups in total. The van der Waals surface area contributed by atoms with Crippen molar-refractivity contribution in [3.8, 4) is 11.3 Å². The van der Waals surface area contributed by atoms with E-state index in [1.165, 1.54) is 25.7 Å². The SMILES string of the molecule is C[C@@H]1CCC[C@H](C)N1C1CCC(Cn2c(=O)c(-c3cccc(C(=N)N)c3)nc3ccccc32)C1. The molecule has 2 aliphatic rings. The Labute approximate surface area is 201 Å². The van der Waals surface area contributed by atoms with Gasteiger partial charge in [-0.2, -0.15) is 0 Å². The first kappa shape index (κ1) is 22.8. The number of nitrogens with one attached hydrogen (secondary N) is 1. The maximum atomic E-state index is 13.7. The second-order valence-electron chi connectivity index (χ2n) is 10.3. The number of nitrogen functional groups attached to an aromatic ring is 1. The van der Waals surface area contributed by atoms with Crippen LogP contribution in [0.15, 0.2) is 53.3 Å². The molecule has 0 amide bonds. The van der Waals surface area contributed by atoms with Crippen LogP contribution in [0.3, 0.4) is 0 Å². The largest absolute Gasteiger partial charge is 0.384 e. The minimum atomic E-state index is -0.0671. The van der Waals surface area contributed by atoms with E-state index in [0.717, 1.165) is 23.9 Å². The molecule has 1 aliphatic carbocycles. The molecule has 178 valence electrons. The van der Waals surface area contributed by atoms with Crippen LogP contribution in [-0.2, 0) is 6.54 Å². The van der Waals surface area contributed by atoms with Gasteiger partial charge in [0.2, 0.25) is 0 Å². The average molecular weight is 458 g/mol. The molecule has 6 nitrogen and oxygen atoms in total. The first-order valence-electron chi connectivity index (χ1n) is 12.6. The third-order valence-electron chi connectivity index (χ3n) is 7.94. The predicted molar refractivity (Wildman–Crippen MR) is 138 cm³/mol. The van der Waals surface area contributed by atoms with E-state index >= 15 is 0 Å². The number of rotatable bonds is 5. The normalized spacial score (nSPS) is 25.6. The summed E-state index contributed by atoms with van der Waals surface area (Å²) in [5.74, 6) is 0.465. The molecule has 0 radical (unpaired) electrons. The van der Waals surface area contributed by atoms with Crippen LogP contribution < -0.4 is 11.3 Å². The monoisotopic (exact) mass is 457 g/mol. The van der Waals surface area contributed by atoms with E-state index < -0.39 is 0 Å². The van der Waals surface area contributed by atoms with Crippen molar-refractivity contribution in [2.45, 2.75) is 77.0 Å². The molecule has 1 saturated carbocycles. The number of likely N-dealkylation sites (tertiary alicyclic amines) is 1. The van der Waals surface area contributed by atoms with Gasteiger partial charge in [0.15, 0.2) is 0 Å². The maximum Gasteiger partial charge on any atom is 0.277 e. The van der Waals surface area contributed by atoms with Gasteiger partial charge >= 0.3 is 0 Å². The van der Waals surface area contributed by atoms with E-state index in [-0.39, 0.29) is 11.4 Å². The van der Waals surface area contributed by atoms with Crippen LogP contribution in [-0.4, -0.2) is 38.4 Å². The molecule has 0 bridgehead atoms. The Morgan fingerprint density at radius 1 is 1.06 bits per heavy atom. The molecule has 1 aliphatic heterocycles. The zero-order valence-electron chi connectivity index (χ0n) is 20.2. The molecular weight excluding hydrogens is 422 g/mol. The van der Waals surface area contributed by atoms with E-state index in [1.54, 1.807) is 12.1 Å². The second-order valence-corrected chi connectivity index (χ2v) is 10.3. The molecule has 2 aromatic carbocycles. The highest BCUT2D eigenvalue weighted by Gasteiger charge is 2.36. The fraction of sp³-hybridized carbons (Fsp3) is 0.464. The predicted octanol–water partition coefficient (Wildman–Crippen LogP) is 4.78. The molecule has 34 heavy (non-hydrogen) atoms. The molecule has 1 aromatic heterocycles. The lowest BCUT2D eigenvalue weighted by Crippen LogP contribution is -2.49. The molecular formula is C28H35N5O. The van der Waals surface area contributed by atoms with E-state index in [9.17, 15) is 4.79 Å². The third-order valence-corrected chi connectivity index (χ3v) is 7.94. The Morgan fingerprint density at radius 2 is 1.82 bits per heavy atom. The summed E-state index contributed by atoms with van der Waals surface area (Å²) in [6.07, 6.45) is 7.43.